The van der Waals surface area contributed by atoms with Gasteiger partial charge in [0.25, 0.3) is 5.91 Å². The molecule has 30 heavy (non-hydrogen) atoms. The maximum atomic E-state index is 12.3. The molecule has 0 saturated carbocycles. The Hall–Kier alpha value is -2.80. The number of nitrogens with two attached hydrogens (primary N) is 1. The molecule has 1 aromatic heterocycles. The molecule has 0 spiro atoms. The van der Waals surface area contributed by atoms with E-state index in [2.05, 4.69) is 15.6 Å². The summed E-state index contributed by atoms with van der Waals surface area (Å²) in [5.41, 5.74) is 1.56. The van der Waals surface area contributed by atoms with Crippen molar-refractivity contribution in [2.75, 3.05) is 11.6 Å². The van der Waals surface area contributed by atoms with E-state index in [9.17, 15) is 21.6 Å². The summed E-state index contributed by atoms with van der Waals surface area (Å²) >= 11 is 1.23. The SMILES string of the molecule is CS(=O)(=O)c1ccc(Nc2nc(C(=O)NCc3ccc(S(N)(=O)=O)cc3)cs2)cc1. The largest absolute Gasteiger partial charge is 0.347 e. The van der Waals surface area contributed by atoms with Gasteiger partial charge in [-0.15, -0.1) is 11.3 Å². The number of anilines is 2. The van der Waals surface area contributed by atoms with E-state index in [4.69, 9.17) is 5.14 Å². The fraction of sp³-hybridized carbons (Fsp3) is 0.111. The van der Waals surface area contributed by atoms with Gasteiger partial charge in [0.1, 0.15) is 5.69 Å². The number of hydrogen-bond acceptors (Lipinski definition) is 8. The number of benzene rings is 2. The van der Waals surface area contributed by atoms with Crippen molar-refractivity contribution in [1.82, 2.24) is 10.3 Å². The summed E-state index contributed by atoms with van der Waals surface area (Å²) < 4.78 is 45.5. The van der Waals surface area contributed by atoms with E-state index in [0.717, 1.165) is 6.26 Å². The van der Waals surface area contributed by atoms with Gasteiger partial charge in [0.2, 0.25) is 10.0 Å². The van der Waals surface area contributed by atoms with Crippen molar-refractivity contribution in [3.05, 3.63) is 65.2 Å². The van der Waals surface area contributed by atoms with Crippen LogP contribution in [0.1, 0.15) is 16.1 Å². The minimum atomic E-state index is -3.76. The third kappa shape index (κ3) is 5.63. The molecule has 9 nitrogen and oxygen atoms in total. The van der Waals surface area contributed by atoms with Crippen LogP contribution in [0.3, 0.4) is 0 Å². The Kier molecular flexibility index (Phi) is 6.22. The number of aromatic nitrogens is 1. The van der Waals surface area contributed by atoms with E-state index in [-0.39, 0.29) is 27.9 Å². The number of carbonyl (C=O) groups excluding carboxylic acids is 1. The Labute approximate surface area is 177 Å². The maximum Gasteiger partial charge on any atom is 0.271 e. The lowest BCUT2D eigenvalue weighted by Crippen LogP contribution is -2.23. The molecular weight excluding hydrogens is 448 g/mol. The van der Waals surface area contributed by atoms with E-state index < -0.39 is 19.9 Å². The Morgan fingerprint density at radius 1 is 1.00 bits per heavy atom. The first-order chi connectivity index (χ1) is 14.0. The number of primary sulfonamides is 1. The summed E-state index contributed by atoms with van der Waals surface area (Å²) in [6, 6.07) is 12.1. The van der Waals surface area contributed by atoms with E-state index in [1.165, 1.54) is 35.6 Å². The lowest BCUT2D eigenvalue weighted by Gasteiger charge is -2.05. The number of nitrogens with one attached hydrogen (secondary N) is 2. The highest BCUT2D eigenvalue weighted by molar-refractivity contribution is 7.90. The standard InChI is InChI=1S/C18H18N4O5S3/c1-29(24,25)14-8-4-13(5-9-14)21-18-22-16(11-28-18)17(23)20-10-12-2-6-15(7-3-12)30(19,26)27/h2-9,11H,10H2,1H3,(H,20,23)(H,21,22)(H2,19,26,27). The minimum Gasteiger partial charge on any atom is -0.347 e. The average Bonchev–Trinajstić information content (AvgIpc) is 3.14. The lowest BCUT2D eigenvalue weighted by molar-refractivity contribution is 0.0946. The zero-order valence-corrected chi connectivity index (χ0v) is 18.1. The van der Waals surface area contributed by atoms with E-state index >= 15 is 0 Å². The number of thiazole rings is 1. The second kappa shape index (κ2) is 8.52. The first-order valence-electron chi connectivity index (χ1n) is 8.45. The predicted octanol–water partition coefficient (Wildman–Crippen LogP) is 1.87. The highest BCUT2D eigenvalue weighted by Gasteiger charge is 2.12. The summed E-state index contributed by atoms with van der Waals surface area (Å²) in [5.74, 6) is -0.387. The summed E-state index contributed by atoms with van der Waals surface area (Å²) in [4.78, 5) is 16.7. The fourth-order valence-electron chi connectivity index (χ4n) is 2.41. The maximum absolute atomic E-state index is 12.3. The van der Waals surface area contributed by atoms with Gasteiger partial charge in [0.05, 0.1) is 9.79 Å². The number of carbonyl (C=O) groups is 1. The van der Waals surface area contributed by atoms with Crippen LogP contribution in [-0.4, -0.2) is 34.0 Å². The van der Waals surface area contributed by atoms with Crippen LogP contribution in [0.25, 0.3) is 0 Å². The molecule has 0 atom stereocenters. The zero-order valence-electron chi connectivity index (χ0n) is 15.7. The van der Waals surface area contributed by atoms with Crippen molar-refractivity contribution in [2.45, 2.75) is 16.3 Å². The molecule has 0 aliphatic heterocycles. The molecule has 158 valence electrons. The van der Waals surface area contributed by atoms with Gasteiger partial charge in [-0.3, -0.25) is 4.79 Å². The minimum absolute atomic E-state index is 0.00244. The van der Waals surface area contributed by atoms with E-state index in [1.54, 1.807) is 29.6 Å². The Balaban J connectivity index is 1.59. The Bertz CT molecular complexity index is 1270. The van der Waals surface area contributed by atoms with Crippen LogP contribution in [0.4, 0.5) is 10.8 Å². The van der Waals surface area contributed by atoms with Crippen LogP contribution in [0.5, 0.6) is 0 Å². The first kappa shape index (κ1) is 21.9. The van der Waals surface area contributed by atoms with Gasteiger partial charge in [-0.25, -0.2) is 27.0 Å². The number of hydrogen-bond donors (Lipinski definition) is 3. The molecule has 0 fully saturated rings. The lowest BCUT2D eigenvalue weighted by atomic mass is 10.2. The molecule has 0 aliphatic carbocycles. The van der Waals surface area contributed by atoms with Gasteiger partial charge >= 0.3 is 0 Å². The van der Waals surface area contributed by atoms with Crippen LogP contribution < -0.4 is 15.8 Å². The molecule has 0 unspecified atom stereocenters. The monoisotopic (exact) mass is 466 g/mol. The van der Waals surface area contributed by atoms with Crippen molar-refractivity contribution < 1.29 is 21.6 Å². The van der Waals surface area contributed by atoms with Gasteiger partial charge < -0.3 is 10.6 Å². The van der Waals surface area contributed by atoms with E-state index in [1.807, 2.05) is 0 Å². The zero-order chi connectivity index (χ0) is 21.9. The van der Waals surface area contributed by atoms with Crippen LogP contribution in [0.2, 0.25) is 0 Å². The van der Waals surface area contributed by atoms with Gasteiger partial charge in [-0.1, -0.05) is 12.1 Å². The molecule has 3 aromatic rings. The van der Waals surface area contributed by atoms with Gasteiger partial charge in [0.15, 0.2) is 15.0 Å². The number of rotatable bonds is 7. The average molecular weight is 467 g/mol. The van der Waals surface area contributed by atoms with Crippen LogP contribution in [-0.2, 0) is 26.4 Å². The van der Waals surface area contributed by atoms with E-state index in [0.29, 0.717) is 16.4 Å². The van der Waals surface area contributed by atoms with Gasteiger partial charge in [-0.2, -0.15) is 0 Å². The molecule has 0 radical (unpaired) electrons. The second-order valence-electron chi connectivity index (χ2n) is 6.33. The van der Waals surface area contributed by atoms with Crippen LogP contribution in [0, 0.1) is 0 Å². The quantitative estimate of drug-likeness (QED) is 0.481. The summed E-state index contributed by atoms with van der Waals surface area (Å²) in [7, 11) is -7.03. The third-order valence-electron chi connectivity index (χ3n) is 3.98. The highest BCUT2D eigenvalue weighted by Crippen LogP contribution is 2.22. The molecule has 3 rings (SSSR count). The normalized spacial score (nSPS) is 11.8. The first-order valence-corrected chi connectivity index (χ1v) is 12.8. The molecule has 0 aliphatic rings. The van der Waals surface area contributed by atoms with Crippen molar-refractivity contribution in [3.63, 3.8) is 0 Å². The third-order valence-corrected chi connectivity index (χ3v) is 6.79. The number of amides is 1. The van der Waals surface area contributed by atoms with Gasteiger partial charge in [0, 0.05) is 23.9 Å². The molecule has 1 amide bonds. The van der Waals surface area contributed by atoms with Crippen molar-refractivity contribution in [3.8, 4) is 0 Å². The van der Waals surface area contributed by atoms with Crippen molar-refractivity contribution in [2.24, 2.45) is 5.14 Å². The summed E-state index contributed by atoms with van der Waals surface area (Å²) in [6.07, 6.45) is 1.13. The molecule has 0 bridgehead atoms. The Morgan fingerprint density at radius 3 is 2.17 bits per heavy atom. The molecule has 0 saturated heterocycles. The smallest absolute Gasteiger partial charge is 0.271 e. The van der Waals surface area contributed by atoms with Crippen LogP contribution in [0.15, 0.2) is 63.7 Å². The second-order valence-corrected chi connectivity index (χ2v) is 10.8. The topological polar surface area (TPSA) is 148 Å². The Morgan fingerprint density at radius 2 is 1.60 bits per heavy atom. The molecule has 1 heterocycles. The molecular formula is C18H18N4O5S3. The molecule has 4 N–H and O–H groups in total. The number of sulfone groups is 1. The molecule has 2 aromatic carbocycles. The summed E-state index contributed by atoms with van der Waals surface area (Å²) in [5, 5.41) is 12.8. The fourth-order valence-corrected chi connectivity index (χ4v) is 4.27. The van der Waals surface area contributed by atoms with Crippen molar-refractivity contribution in [1.29, 1.82) is 0 Å². The van der Waals surface area contributed by atoms with Crippen molar-refractivity contribution >= 4 is 47.9 Å². The van der Waals surface area contributed by atoms with Crippen LogP contribution >= 0.6 is 11.3 Å². The number of nitrogens with zero attached hydrogens (tertiary/aromatic N) is 1. The van der Waals surface area contributed by atoms with Gasteiger partial charge in [-0.05, 0) is 42.0 Å². The number of sulfonamides is 1. The summed E-state index contributed by atoms with van der Waals surface area (Å²) in [6.45, 7) is 0.191. The predicted molar refractivity (Wildman–Crippen MR) is 114 cm³/mol. The highest BCUT2D eigenvalue weighted by atomic mass is 32.2. The molecule has 12 heteroatoms.